The number of nitrogens with one attached hydrogen (secondary N) is 3. The molecule has 0 bridgehead atoms. The molecule has 11 nitrogen and oxygen atoms in total. The first-order valence-corrected chi connectivity index (χ1v) is 12.4. The van der Waals surface area contributed by atoms with Gasteiger partial charge in [-0.1, -0.05) is 0 Å². The summed E-state index contributed by atoms with van der Waals surface area (Å²) in [5.41, 5.74) is 0.636. The van der Waals surface area contributed by atoms with E-state index in [0.29, 0.717) is 22.1 Å². The molecule has 1 aromatic rings. The molecule has 0 heterocycles. The molecule has 0 spiro atoms. The molecule has 180 valence electrons. The van der Waals surface area contributed by atoms with Crippen molar-refractivity contribution < 1.29 is 39.5 Å². The van der Waals surface area contributed by atoms with E-state index < -0.39 is 37.0 Å². The molecule has 0 radical (unpaired) electrons. The van der Waals surface area contributed by atoms with E-state index in [1.54, 1.807) is 0 Å². The van der Waals surface area contributed by atoms with Crippen LogP contribution >= 0.6 is 67.8 Å². The number of aliphatic hydroxyl groups is 4. The second-order valence-electron chi connectivity index (χ2n) is 6.66. The van der Waals surface area contributed by atoms with Crippen molar-refractivity contribution in [1.82, 2.24) is 5.32 Å². The van der Waals surface area contributed by atoms with Crippen molar-refractivity contribution in [2.45, 2.75) is 38.3 Å². The van der Waals surface area contributed by atoms with Gasteiger partial charge in [-0.15, -0.1) is 0 Å². The summed E-state index contributed by atoms with van der Waals surface area (Å²) in [6, 6.07) is 0. The molecule has 2 amide bonds. The van der Waals surface area contributed by atoms with Crippen LogP contribution in [0.1, 0.15) is 24.2 Å². The van der Waals surface area contributed by atoms with Crippen LogP contribution in [0.15, 0.2) is 0 Å². The Labute approximate surface area is 225 Å². The average molecular weight is 791 g/mol. The van der Waals surface area contributed by atoms with E-state index in [2.05, 4.69) is 16.0 Å². The van der Waals surface area contributed by atoms with Crippen molar-refractivity contribution >= 4 is 96.9 Å². The predicted octanol–water partition coefficient (Wildman–Crippen LogP) is 0.237. The zero-order valence-corrected chi connectivity index (χ0v) is 23.8. The number of amides is 2. The van der Waals surface area contributed by atoms with Crippen molar-refractivity contribution in [2.24, 2.45) is 0 Å². The topological polar surface area (TPSA) is 177 Å². The van der Waals surface area contributed by atoms with Crippen LogP contribution in [0, 0.1) is 10.7 Å². The van der Waals surface area contributed by atoms with Gasteiger partial charge in [-0.3, -0.25) is 9.59 Å². The molecule has 32 heavy (non-hydrogen) atoms. The van der Waals surface area contributed by atoms with E-state index in [0.717, 1.165) is 0 Å². The fraction of sp³-hybridized carbons (Fsp3) is 0.500. The van der Waals surface area contributed by atoms with E-state index in [9.17, 15) is 29.7 Å². The molecular weight excluding hydrogens is 767 g/mol. The normalized spacial score (nSPS) is 14.8. The average Bonchev–Trinajstić information content (AvgIpc) is 2.72. The summed E-state index contributed by atoms with van der Waals surface area (Å²) in [7, 11) is 1.53. The molecule has 1 aromatic carbocycles. The van der Waals surface area contributed by atoms with Crippen LogP contribution in [0.3, 0.4) is 0 Å². The fourth-order valence-electron chi connectivity index (χ4n) is 2.60. The van der Waals surface area contributed by atoms with Gasteiger partial charge in [-0.2, -0.15) is 0 Å². The van der Waals surface area contributed by atoms with Crippen LogP contribution in [0.5, 0.6) is 0 Å². The molecule has 0 saturated heterocycles. The third-order valence-electron chi connectivity index (χ3n) is 4.10. The first kappa shape index (κ1) is 29.7. The minimum Gasteiger partial charge on any atom is -0.454 e. The maximum atomic E-state index is 13.1. The molecule has 4 atom stereocenters. The van der Waals surface area contributed by atoms with Gasteiger partial charge in [0.25, 0.3) is 0 Å². The van der Waals surface area contributed by atoms with Gasteiger partial charge in [0, 0.05) is 20.4 Å². The Morgan fingerprint density at radius 3 is 1.75 bits per heavy atom. The Hall–Kier alpha value is -0.380. The summed E-state index contributed by atoms with van der Waals surface area (Å²) in [5.74, 6) is -1.67. The number of rotatable bonds is 10. The van der Waals surface area contributed by atoms with Crippen molar-refractivity contribution in [3.63, 3.8) is 0 Å². The van der Waals surface area contributed by atoms with Crippen LogP contribution in [-0.2, 0) is 14.3 Å². The summed E-state index contributed by atoms with van der Waals surface area (Å²) >= 11 is 5.68. The Morgan fingerprint density at radius 1 is 0.906 bits per heavy atom. The van der Waals surface area contributed by atoms with Crippen LogP contribution in [0.2, 0.25) is 0 Å². The second-order valence-corrected chi connectivity index (χ2v) is 9.90. The van der Waals surface area contributed by atoms with Crippen molar-refractivity contribution in [3.05, 3.63) is 16.3 Å². The van der Waals surface area contributed by atoms with Gasteiger partial charge in [0.15, 0.2) is 0 Å². The zero-order valence-electron chi connectivity index (χ0n) is 17.3. The van der Waals surface area contributed by atoms with Crippen LogP contribution < -0.4 is 16.0 Å². The van der Waals surface area contributed by atoms with Gasteiger partial charge in [0.05, 0.1) is 34.3 Å². The lowest BCUT2D eigenvalue weighted by atomic mass is 10.0. The SMILES string of the molecule is CNC[C@H](OC(=O)c1c(I)c(NC(C)=O)c(I)c(NC(C)=O)c1I)[C@@H](O)[C@H](O)[C@H](O)CO. The van der Waals surface area contributed by atoms with Gasteiger partial charge in [0.1, 0.15) is 24.4 Å². The molecule has 1 rings (SSSR count). The number of hydrogen-bond donors (Lipinski definition) is 7. The number of carbonyl (C=O) groups is 3. The van der Waals surface area contributed by atoms with Gasteiger partial charge in [-0.25, -0.2) is 4.79 Å². The number of likely N-dealkylation sites (N-methyl/N-ethyl adjacent to an activating group) is 1. The number of aliphatic hydroxyl groups excluding tert-OH is 4. The second kappa shape index (κ2) is 13.5. The lowest BCUT2D eigenvalue weighted by Crippen LogP contribution is -2.50. The Morgan fingerprint density at radius 2 is 1.38 bits per heavy atom. The lowest BCUT2D eigenvalue weighted by Gasteiger charge is -2.29. The highest BCUT2D eigenvalue weighted by atomic mass is 127. The third-order valence-corrected chi connectivity index (χ3v) is 7.34. The maximum Gasteiger partial charge on any atom is 0.340 e. The lowest BCUT2D eigenvalue weighted by molar-refractivity contribution is -0.117. The highest BCUT2D eigenvalue weighted by molar-refractivity contribution is 14.1. The van der Waals surface area contributed by atoms with E-state index in [1.165, 1.54) is 20.9 Å². The number of esters is 1. The third kappa shape index (κ3) is 7.57. The van der Waals surface area contributed by atoms with Crippen LogP contribution in [-0.4, -0.2) is 82.8 Å². The molecule has 0 unspecified atom stereocenters. The highest BCUT2D eigenvalue weighted by Gasteiger charge is 2.35. The molecule has 0 fully saturated rings. The Balaban J connectivity index is 3.49. The van der Waals surface area contributed by atoms with E-state index in [4.69, 9.17) is 9.84 Å². The first-order chi connectivity index (χ1) is 14.9. The number of anilines is 2. The first-order valence-electron chi connectivity index (χ1n) is 9.13. The standard InChI is InChI=1S/C18H24I3N3O8/c1-6(26)23-14-11(19)10(12(20)15(13(14)21)24-7(2)27)18(31)32-9(4-22-3)17(30)16(29)8(28)5-25/h8-9,16-17,22,25,28-30H,4-5H2,1-3H3,(H,23,26)(H,24,27)/t8-,9+,16-,17-/m1/s1. The summed E-state index contributed by atoms with van der Waals surface area (Å²) in [6.07, 6.45) is -6.41. The summed E-state index contributed by atoms with van der Waals surface area (Å²) in [5, 5.41) is 47.0. The molecule has 0 aliphatic rings. The molecular formula is C18H24I3N3O8. The number of benzene rings is 1. The minimum absolute atomic E-state index is 0.0321. The minimum atomic E-state index is -1.77. The smallest absolute Gasteiger partial charge is 0.340 e. The van der Waals surface area contributed by atoms with Crippen molar-refractivity contribution in [3.8, 4) is 0 Å². The predicted molar refractivity (Wildman–Crippen MR) is 141 cm³/mol. The van der Waals surface area contributed by atoms with E-state index >= 15 is 0 Å². The Kier molecular flexibility index (Phi) is 12.5. The number of ether oxygens (including phenoxy) is 1. The maximum absolute atomic E-state index is 13.1. The van der Waals surface area contributed by atoms with Crippen LogP contribution in [0.4, 0.5) is 11.4 Å². The van der Waals surface area contributed by atoms with E-state index in [-0.39, 0.29) is 23.9 Å². The number of halogens is 3. The molecule has 0 aliphatic carbocycles. The summed E-state index contributed by atoms with van der Waals surface area (Å²) in [4.78, 5) is 36.5. The van der Waals surface area contributed by atoms with Gasteiger partial charge >= 0.3 is 5.97 Å². The Bertz CT molecular complexity index is 827. The summed E-state index contributed by atoms with van der Waals surface area (Å²) < 4.78 is 6.63. The number of carbonyl (C=O) groups excluding carboxylic acids is 3. The summed E-state index contributed by atoms with van der Waals surface area (Å²) in [6.45, 7) is 1.73. The van der Waals surface area contributed by atoms with Gasteiger partial charge in [-0.05, 0) is 74.8 Å². The van der Waals surface area contributed by atoms with Gasteiger partial charge < -0.3 is 41.1 Å². The van der Waals surface area contributed by atoms with E-state index in [1.807, 2.05) is 67.8 Å². The van der Waals surface area contributed by atoms with Crippen molar-refractivity contribution in [1.29, 1.82) is 0 Å². The largest absolute Gasteiger partial charge is 0.454 e. The fourth-order valence-corrected chi connectivity index (χ4v) is 6.75. The highest BCUT2D eigenvalue weighted by Crippen LogP contribution is 2.39. The zero-order chi connectivity index (χ0) is 24.7. The molecule has 14 heteroatoms. The number of hydrogen-bond acceptors (Lipinski definition) is 9. The molecule has 0 aliphatic heterocycles. The monoisotopic (exact) mass is 791 g/mol. The quantitative estimate of drug-likeness (QED) is 0.129. The van der Waals surface area contributed by atoms with Crippen molar-refractivity contribution in [2.75, 3.05) is 30.8 Å². The molecule has 7 N–H and O–H groups in total. The molecule has 0 aromatic heterocycles. The molecule has 0 saturated carbocycles. The van der Waals surface area contributed by atoms with Gasteiger partial charge in [0.2, 0.25) is 11.8 Å². The van der Waals surface area contributed by atoms with Crippen LogP contribution in [0.25, 0.3) is 0 Å².